The number of aromatic nitrogens is 4. The van der Waals surface area contributed by atoms with Gasteiger partial charge in [0.15, 0.2) is 0 Å². The summed E-state index contributed by atoms with van der Waals surface area (Å²) < 4.78 is 0. The first-order valence-corrected chi connectivity index (χ1v) is 14.1. The highest BCUT2D eigenvalue weighted by molar-refractivity contribution is 6.21. The molecule has 9 aromatic rings. The highest BCUT2D eigenvalue weighted by Crippen LogP contribution is 2.43. The lowest BCUT2D eigenvalue weighted by Crippen LogP contribution is -1.94. The minimum Gasteiger partial charge on any atom is -0.254 e. The SMILES string of the molecule is c1cnc2c(c1)cc(-c1ccc(-c3c4ccccc4nc4c3ccc3cccnc34)c3ccccc13)c1cccnc12. The van der Waals surface area contributed by atoms with Crippen molar-refractivity contribution in [1.82, 2.24) is 19.9 Å². The van der Waals surface area contributed by atoms with Gasteiger partial charge in [0.05, 0.1) is 27.6 Å². The molecular weight excluding hydrogens is 512 g/mol. The molecule has 4 nitrogen and oxygen atoms in total. The molecule has 0 bridgehead atoms. The molecule has 0 aliphatic heterocycles. The third-order valence-corrected chi connectivity index (χ3v) is 8.37. The molecule has 4 heterocycles. The molecule has 42 heavy (non-hydrogen) atoms. The summed E-state index contributed by atoms with van der Waals surface area (Å²) in [5, 5.41) is 7.88. The molecule has 4 aromatic heterocycles. The predicted octanol–water partition coefficient (Wildman–Crippen LogP) is 9.52. The van der Waals surface area contributed by atoms with Crippen molar-refractivity contribution in [3.63, 3.8) is 0 Å². The molecule has 194 valence electrons. The van der Waals surface area contributed by atoms with Crippen molar-refractivity contribution in [2.75, 3.05) is 0 Å². The van der Waals surface area contributed by atoms with Crippen LogP contribution in [-0.4, -0.2) is 19.9 Å². The number of hydrogen-bond acceptors (Lipinski definition) is 4. The van der Waals surface area contributed by atoms with Gasteiger partial charge in [-0.15, -0.1) is 0 Å². The normalized spacial score (nSPS) is 11.8. The Morgan fingerprint density at radius 1 is 0.357 bits per heavy atom. The van der Waals surface area contributed by atoms with Gasteiger partial charge in [0.2, 0.25) is 0 Å². The molecule has 0 atom stereocenters. The summed E-state index contributed by atoms with van der Waals surface area (Å²) in [6.45, 7) is 0. The first-order chi connectivity index (χ1) is 20.8. The van der Waals surface area contributed by atoms with Crippen LogP contribution in [0.1, 0.15) is 0 Å². The van der Waals surface area contributed by atoms with Crippen molar-refractivity contribution >= 4 is 65.3 Å². The topological polar surface area (TPSA) is 51.6 Å². The molecule has 5 aromatic carbocycles. The van der Waals surface area contributed by atoms with E-state index in [0.717, 1.165) is 60.1 Å². The van der Waals surface area contributed by atoms with Crippen molar-refractivity contribution in [3.8, 4) is 22.3 Å². The van der Waals surface area contributed by atoms with E-state index in [1.165, 1.54) is 27.5 Å². The second kappa shape index (κ2) is 8.88. The molecule has 0 N–H and O–H groups in total. The van der Waals surface area contributed by atoms with E-state index in [1.54, 1.807) is 0 Å². The fraction of sp³-hybridized carbons (Fsp3) is 0. The maximum Gasteiger partial charge on any atom is 0.0978 e. The van der Waals surface area contributed by atoms with Gasteiger partial charge in [-0.2, -0.15) is 0 Å². The van der Waals surface area contributed by atoms with E-state index >= 15 is 0 Å². The summed E-state index contributed by atoms with van der Waals surface area (Å²) in [6, 6.07) is 40.6. The number of fused-ring (bicyclic) bond motifs is 8. The van der Waals surface area contributed by atoms with E-state index in [4.69, 9.17) is 15.0 Å². The number of para-hydroxylation sites is 1. The van der Waals surface area contributed by atoms with Crippen LogP contribution in [0.4, 0.5) is 0 Å². The quantitative estimate of drug-likeness (QED) is 0.164. The zero-order valence-corrected chi connectivity index (χ0v) is 22.5. The minimum atomic E-state index is 0.921. The van der Waals surface area contributed by atoms with Gasteiger partial charge in [0, 0.05) is 51.1 Å². The van der Waals surface area contributed by atoms with Crippen LogP contribution >= 0.6 is 0 Å². The maximum absolute atomic E-state index is 5.12. The summed E-state index contributed by atoms with van der Waals surface area (Å²) in [4.78, 5) is 19.3. The highest BCUT2D eigenvalue weighted by Gasteiger charge is 2.18. The van der Waals surface area contributed by atoms with Gasteiger partial charge in [-0.1, -0.05) is 84.9 Å². The molecule has 0 radical (unpaired) electrons. The second-order valence-corrected chi connectivity index (χ2v) is 10.6. The molecule has 9 rings (SSSR count). The summed E-state index contributed by atoms with van der Waals surface area (Å²) in [7, 11) is 0. The summed E-state index contributed by atoms with van der Waals surface area (Å²) in [5.41, 5.74) is 9.34. The lowest BCUT2D eigenvalue weighted by Gasteiger charge is -2.17. The summed E-state index contributed by atoms with van der Waals surface area (Å²) >= 11 is 0. The molecule has 0 aliphatic carbocycles. The van der Waals surface area contributed by atoms with E-state index in [2.05, 4.69) is 102 Å². The number of rotatable bonds is 2. The fourth-order valence-corrected chi connectivity index (χ4v) is 6.53. The first kappa shape index (κ1) is 23.0. The van der Waals surface area contributed by atoms with Gasteiger partial charge in [-0.05, 0) is 57.8 Å². The number of pyridine rings is 4. The highest BCUT2D eigenvalue weighted by atomic mass is 14.7. The van der Waals surface area contributed by atoms with E-state index in [1.807, 2.05) is 36.8 Å². The number of nitrogens with zero attached hydrogens (tertiary/aromatic N) is 4. The lowest BCUT2D eigenvalue weighted by molar-refractivity contribution is 1.37. The molecule has 0 saturated heterocycles. The summed E-state index contributed by atoms with van der Waals surface area (Å²) in [6.07, 6.45) is 5.53. The van der Waals surface area contributed by atoms with Crippen LogP contribution in [0.5, 0.6) is 0 Å². The molecule has 0 unspecified atom stereocenters. The largest absolute Gasteiger partial charge is 0.254 e. The zero-order valence-electron chi connectivity index (χ0n) is 22.5. The Balaban J connectivity index is 1.40. The Morgan fingerprint density at radius 2 is 0.976 bits per heavy atom. The second-order valence-electron chi connectivity index (χ2n) is 10.6. The standard InChI is InChI=1S/C38H22N4/c1-2-11-26-25(10-1)27(32-22-24-9-6-20-40-36(24)37-29(32)13-7-21-41-37)17-18-28(26)34-30-12-3-4-14-33(30)42-38-31(34)16-15-23-8-5-19-39-35(23)38/h1-22H. The average molecular weight is 535 g/mol. The van der Waals surface area contributed by atoms with E-state index in [9.17, 15) is 0 Å². The molecule has 0 saturated carbocycles. The van der Waals surface area contributed by atoms with Crippen molar-refractivity contribution in [3.05, 3.63) is 134 Å². The van der Waals surface area contributed by atoms with Gasteiger partial charge in [0.25, 0.3) is 0 Å². The van der Waals surface area contributed by atoms with Crippen LogP contribution in [-0.2, 0) is 0 Å². The van der Waals surface area contributed by atoms with Crippen LogP contribution < -0.4 is 0 Å². The zero-order chi connectivity index (χ0) is 27.6. The van der Waals surface area contributed by atoms with Crippen LogP contribution in [0.25, 0.3) is 87.5 Å². The van der Waals surface area contributed by atoms with E-state index in [-0.39, 0.29) is 0 Å². The summed E-state index contributed by atoms with van der Waals surface area (Å²) in [5.74, 6) is 0. The third kappa shape index (κ3) is 3.29. The Morgan fingerprint density at radius 3 is 1.81 bits per heavy atom. The van der Waals surface area contributed by atoms with Crippen molar-refractivity contribution in [1.29, 1.82) is 0 Å². The Labute approximate surface area is 241 Å². The van der Waals surface area contributed by atoms with Crippen LogP contribution in [0, 0.1) is 0 Å². The van der Waals surface area contributed by atoms with Gasteiger partial charge in [-0.3, -0.25) is 15.0 Å². The Hall–Kier alpha value is -5.74. The molecular formula is C38H22N4. The number of benzene rings is 5. The third-order valence-electron chi connectivity index (χ3n) is 8.37. The number of hydrogen-bond donors (Lipinski definition) is 0. The van der Waals surface area contributed by atoms with Gasteiger partial charge >= 0.3 is 0 Å². The average Bonchev–Trinajstić information content (AvgIpc) is 3.06. The lowest BCUT2D eigenvalue weighted by atomic mass is 9.87. The molecule has 0 fully saturated rings. The van der Waals surface area contributed by atoms with Gasteiger partial charge in [-0.25, -0.2) is 4.98 Å². The van der Waals surface area contributed by atoms with Crippen LogP contribution in [0.15, 0.2) is 134 Å². The molecule has 0 aliphatic rings. The molecule has 0 spiro atoms. The monoisotopic (exact) mass is 534 g/mol. The van der Waals surface area contributed by atoms with Crippen molar-refractivity contribution in [2.24, 2.45) is 0 Å². The van der Waals surface area contributed by atoms with Crippen LogP contribution in [0.2, 0.25) is 0 Å². The molecule has 0 amide bonds. The van der Waals surface area contributed by atoms with E-state index < -0.39 is 0 Å². The minimum absolute atomic E-state index is 0.921. The van der Waals surface area contributed by atoms with E-state index in [0.29, 0.717) is 0 Å². The molecule has 4 heteroatoms. The fourth-order valence-electron chi connectivity index (χ4n) is 6.53. The Bertz CT molecular complexity index is 2530. The van der Waals surface area contributed by atoms with Crippen molar-refractivity contribution < 1.29 is 0 Å². The van der Waals surface area contributed by atoms with Gasteiger partial charge < -0.3 is 0 Å². The van der Waals surface area contributed by atoms with Crippen LogP contribution in [0.3, 0.4) is 0 Å². The maximum atomic E-state index is 5.12. The Kier molecular flexibility index (Phi) is 4.87. The first-order valence-electron chi connectivity index (χ1n) is 14.1. The smallest absolute Gasteiger partial charge is 0.0978 e. The predicted molar refractivity (Wildman–Crippen MR) is 174 cm³/mol. The van der Waals surface area contributed by atoms with Crippen molar-refractivity contribution in [2.45, 2.75) is 0 Å². The van der Waals surface area contributed by atoms with Gasteiger partial charge in [0.1, 0.15) is 0 Å².